The van der Waals surface area contributed by atoms with Crippen LogP contribution in [0, 0.1) is 18.3 Å². The Morgan fingerprint density at radius 2 is 1.96 bits per heavy atom. The van der Waals surface area contributed by atoms with Crippen LogP contribution in [0.3, 0.4) is 0 Å². The lowest BCUT2D eigenvalue weighted by Crippen LogP contribution is -2.27. The third kappa shape index (κ3) is 5.41. The molecule has 2 aromatic rings. The van der Waals surface area contributed by atoms with Gasteiger partial charge in [-0.15, -0.1) is 0 Å². The molecule has 0 saturated carbocycles. The van der Waals surface area contributed by atoms with Crippen molar-refractivity contribution in [3.8, 4) is 17.6 Å². The molecule has 0 heterocycles. The first-order valence-corrected chi connectivity index (χ1v) is 8.99. The first-order valence-electron chi connectivity index (χ1n) is 8.61. The van der Waals surface area contributed by atoms with Crippen molar-refractivity contribution in [2.75, 3.05) is 26.1 Å². The highest BCUT2D eigenvalue weighted by molar-refractivity contribution is 6.31. The monoisotopic (exact) mass is 399 g/mol. The molecule has 0 atom stereocenters. The molecule has 7 heteroatoms. The Balaban J connectivity index is 1.95. The summed E-state index contributed by atoms with van der Waals surface area (Å²) in [7, 11) is 3.15. The lowest BCUT2D eigenvalue weighted by Gasteiger charge is -2.10. The minimum Gasteiger partial charge on any atom is -0.493 e. The lowest BCUT2D eigenvalue weighted by molar-refractivity contribution is -0.117. The van der Waals surface area contributed by atoms with E-state index in [9.17, 15) is 10.1 Å². The summed E-state index contributed by atoms with van der Waals surface area (Å²) in [5.41, 5.74) is 2.53. The van der Waals surface area contributed by atoms with Gasteiger partial charge in [-0.1, -0.05) is 23.7 Å². The number of halogens is 1. The summed E-state index contributed by atoms with van der Waals surface area (Å²) in [4.78, 5) is 12.2. The first kappa shape index (κ1) is 21.1. The van der Waals surface area contributed by atoms with E-state index in [1.807, 2.05) is 37.3 Å². The third-order valence-electron chi connectivity index (χ3n) is 4.15. The van der Waals surface area contributed by atoms with Crippen LogP contribution in [0.25, 0.3) is 0 Å². The highest BCUT2D eigenvalue weighted by Gasteiger charge is 2.10. The molecule has 0 aliphatic heterocycles. The highest BCUT2D eigenvalue weighted by atomic mass is 35.5. The number of carbonyl (C=O) groups excluding carboxylic acids is 1. The fraction of sp³-hybridized carbons (Fsp3) is 0.238. The van der Waals surface area contributed by atoms with Crippen molar-refractivity contribution in [2.24, 2.45) is 0 Å². The number of anilines is 1. The molecule has 1 amide bonds. The number of benzene rings is 2. The van der Waals surface area contributed by atoms with E-state index in [4.69, 9.17) is 21.1 Å². The van der Waals surface area contributed by atoms with E-state index in [2.05, 4.69) is 10.6 Å². The zero-order chi connectivity index (χ0) is 20.5. The van der Waals surface area contributed by atoms with Crippen LogP contribution in [0.15, 0.2) is 48.2 Å². The van der Waals surface area contributed by atoms with Gasteiger partial charge in [0.1, 0.15) is 11.6 Å². The van der Waals surface area contributed by atoms with Gasteiger partial charge >= 0.3 is 0 Å². The van der Waals surface area contributed by atoms with Crippen molar-refractivity contribution >= 4 is 23.2 Å². The topological polar surface area (TPSA) is 83.4 Å². The molecule has 2 N–H and O–H groups in total. The van der Waals surface area contributed by atoms with Crippen LogP contribution in [0.4, 0.5) is 5.69 Å². The SMILES string of the molecule is COc1ccc(CCNC(=O)/C(C#N)=C\Nc2cccc(Cl)c2C)cc1OC. The number of hydrogen-bond acceptors (Lipinski definition) is 5. The maximum absolute atomic E-state index is 12.2. The van der Waals surface area contributed by atoms with E-state index < -0.39 is 5.91 Å². The second-order valence-corrected chi connectivity index (χ2v) is 6.33. The molecule has 146 valence electrons. The molecular weight excluding hydrogens is 378 g/mol. The Labute approximate surface area is 169 Å². The van der Waals surface area contributed by atoms with E-state index >= 15 is 0 Å². The maximum atomic E-state index is 12.2. The van der Waals surface area contributed by atoms with E-state index in [1.54, 1.807) is 26.4 Å². The van der Waals surface area contributed by atoms with Crippen LogP contribution in [0.1, 0.15) is 11.1 Å². The minimum atomic E-state index is -0.449. The summed E-state index contributed by atoms with van der Waals surface area (Å²) < 4.78 is 10.5. The zero-order valence-corrected chi connectivity index (χ0v) is 16.8. The summed E-state index contributed by atoms with van der Waals surface area (Å²) in [6, 6.07) is 12.9. The number of nitriles is 1. The van der Waals surface area contributed by atoms with Gasteiger partial charge in [-0.05, 0) is 48.7 Å². The number of amides is 1. The summed E-state index contributed by atoms with van der Waals surface area (Å²) in [5.74, 6) is 0.826. The predicted molar refractivity (Wildman–Crippen MR) is 110 cm³/mol. The fourth-order valence-corrected chi connectivity index (χ4v) is 2.69. The summed E-state index contributed by atoms with van der Waals surface area (Å²) in [5, 5.41) is 15.6. The number of nitrogens with one attached hydrogen (secondary N) is 2. The van der Waals surface area contributed by atoms with Gasteiger partial charge in [-0.25, -0.2) is 0 Å². The van der Waals surface area contributed by atoms with Crippen molar-refractivity contribution in [3.05, 3.63) is 64.3 Å². The van der Waals surface area contributed by atoms with E-state index in [0.717, 1.165) is 16.8 Å². The van der Waals surface area contributed by atoms with E-state index in [1.165, 1.54) is 6.20 Å². The van der Waals surface area contributed by atoms with Gasteiger partial charge in [0.05, 0.1) is 14.2 Å². The number of nitrogens with zero attached hydrogens (tertiary/aromatic N) is 1. The van der Waals surface area contributed by atoms with Crippen LogP contribution in [-0.4, -0.2) is 26.7 Å². The average Bonchev–Trinajstić information content (AvgIpc) is 2.71. The van der Waals surface area contributed by atoms with Gasteiger partial charge in [0.2, 0.25) is 0 Å². The van der Waals surface area contributed by atoms with Crippen molar-refractivity contribution in [1.82, 2.24) is 5.32 Å². The minimum absolute atomic E-state index is 0.0216. The molecule has 0 aromatic heterocycles. The number of rotatable bonds is 8. The molecule has 0 bridgehead atoms. The Kier molecular flexibility index (Phi) is 7.73. The number of ether oxygens (including phenoxy) is 2. The van der Waals surface area contributed by atoms with E-state index in [-0.39, 0.29) is 5.57 Å². The van der Waals surface area contributed by atoms with Crippen molar-refractivity contribution in [2.45, 2.75) is 13.3 Å². The number of hydrogen-bond donors (Lipinski definition) is 2. The molecule has 0 saturated heterocycles. The highest BCUT2D eigenvalue weighted by Crippen LogP contribution is 2.27. The summed E-state index contributed by atoms with van der Waals surface area (Å²) in [6.07, 6.45) is 1.97. The quantitative estimate of drug-likeness (QED) is 0.520. The van der Waals surface area contributed by atoms with Crippen LogP contribution >= 0.6 is 11.6 Å². The molecule has 0 spiro atoms. The van der Waals surface area contributed by atoms with Crippen molar-refractivity contribution < 1.29 is 14.3 Å². The third-order valence-corrected chi connectivity index (χ3v) is 4.56. The maximum Gasteiger partial charge on any atom is 0.263 e. The Morgan fingerprint density at radius 1 is 1.21 bits per heavy atom. The lowest BCUT2D eigenvalue weighted by atomic mass is 10.1. The molecule has 0 aliphatic carbocycles. The van der Waals surface area contributed by atoms with Gasteiger partial charge in [0, 0.05) is 23.5 Å². The standard InChI is InChI=1S/C21H22ClN3O3/c1-14-17(22)5-4-6-18(14)25-13-16(12-23)21(26)24-10-9-15-7-8-19(27-2)20(11-15)28-3/h4-8,11,13,25H,9-10H2,1-3H3,(H,24,26)/b16-13-. The molecule has 0 unspecified atom stereocenters. The second kappa shape index (κ2) is 10.2. The second-order valence-electron chi connectivity index (χ2n) is 5.92. The molecule has 2 aromatic carbocycles. The average molecular weight is 400 g/mol. The molecule has 28 heavy (non-hydrogen) atoms. The van der Waals surface area contributed by atoms with Crippen LogP contribution in [0.5, 0.6) is 11.5 Å². The molecule has 0 aliphatic rings. The molecule has 0 fully saturated rings. The van der Waals surface area contributed by atoms with Gasteiger partial charge < -0.3 is 20.1 Å². The molecular formula is C21H22ClN3O3. The van der Waals surface area contributed by atoms with Gasteiger partial charge in [-0.2, -0.15) is 5.26 Å². The molecule has 2 rings (SSSR count). The largest absolute Gasteiger partial charge is 0.493 e. The van der Waals surface area contributed by atoms with Crippen molar-refractivity contribution in [1.29, 1.82) is 5.26 Å². The predicted octanol–water partition coefficient (Wildman–Crippen LogP) is 3.84. The first-order chi connectivity index (χ1) is 13.5. The smallest absolute Gasteiger partial charge is 0.263 e. The summed E-state index contributed by atoms with van der Waals surface area (Å²) in [6.45, 7) is 2.23. The van der Waals surface area contributed by atoms with Gasteiger partial charge in [0.25, 0.3) is 5.91 Å². The van der Waals surface area contributed by atoms with Gasteiger partial charge in [0.15, 0.2) is 11.5 Å². The van der Waals surface area contributed by atoms with Crippen LogP contribution in [-0.2, 0) is 11.2 Å². The number of methoxy groups -OCH3 is 2. The fourth-order valence-electron chi connectivity index (χ4n) is 2.51. The Bertz CT molecular complexity index is 920. The Morgan fingerprint density at radius 3 is 2.64 bits per heavy atom. The molecule has 0 radical (unpaired) electrons. The Hall–Kier alpha value is -3.17. The van der Waals surface area contributed by atoms with Crippen LogP contribution in [0.2, 0.25) is 5.02 Å². The van der Waals surface area contributed by atoms with Gasteiger partial charge in [-0.3, -0.25) is 4.79 Å². The molecule has 6 nitrogen and oxygen atoms in total. The van der Waals surface area contributed by atoms with E-state index in [0.29, 0.717) is 29.5 Å². The number of carbonyl (C=O) groups is 1. The zero-order valence-electron chi connectivity index (χ0n) is 16.0. The van der Waals surface area contributed by atoms with Crippen LogP contribution < -0.4 is 20.1 Å². The normalized spacial score (nSPS) is 10.8. The van der Waals surface area contributed by atoms with Crippen molar-refractivity contribution in [3.63, 3.8) is 0 Å². The summed E-state index contributed by atoms with van der Waals surface area (Å²) >= 11 is 6.07.